The van der Waals surface area contributed by atoms with Crippen LogP contribution in [0, 0.1) is 6.92 Å². The van der Waals surface area contributed by atoms with Gasteiger partial charge in [-0.15, -0.1) is 11.8 Å². The van der Waals surface area contributed by atoms with Gasteiger partial charge < -0.3 is 10.1 Å². The molecule has 0 fully saturated rings. The number of rotatable bonds is 3. The first kappa shape index (κ1) is 12.4. The molecule has 1 aliphatic rings. The van der Waals surface area contributed by atoms with Crippen LogP contribution in [0.25, 0.3) is 0 Å². The zero-order chi connectivity index (χ0) is 13.2. The van der Waals surface area contributed by atoms with Crippen LogP contribution >= 0.6 is 11.8 Å². The van der Waals surface area contributed by atoms with Gasteiger partial charge in [0.1, 0.15) is 5.75 Å². The fraction of sp³-hybridized carbons (Fsp3) is 0.250. The lowest BCUT2D eigenvalue weighted by molar-refractivity contribution is 0.412. The number of hydrogen-bond donors (Lipinski definition) is 1. The molecule has 2 nitrogen and oxygen atoms in total. The smallest absolute Gasteiger partial charge is 0.121 e. The van der Waals surface area contributed by atoms with Gasteiger partial charge in [-0.25, -0.2) is 0 Å². The van der Waals surface area contributed by atoms with Crippen molar-refractivity contribution in [1.29, 1.82) is 0 Å². The minimum absolute atomic E-state index is 0.397. The maximum atomic E-state index is 5.29. The molecule has 1 heterocycles. The van der Waals surface area contributed by atoms with E-state index in [-0.39, 0.29) is 0 Å². The molecule has 2 aromatic carbocycles. The van der Waals surface area contributed by atoms with Gasteiger partial charge >= 0.3 is 0 Å². The van der Waals surface area contributed by atoms with E-state index in [1.54, 1.807) is 7.11 Å². The molecule has 3 heteroatoms. The number of nitrogens with one attached hydrogen (secondary N) is 1. The molecule has 19 heavy (non-hydrogen) atoms. The standard InChI is InChI=1S/C16H17NOS/c1-11-9-12(7-8-15(11)18-2)17-14-10-19-16-6-4-3-5-13(14)16/h3-9,14,17H,10H2,1-2H3. The van der Waals surface area contributed by atoms with Crippen molar-refractivity contribution in [2.24, 2.45) is 0 Å². The summed E-state index contributed by atoms with van der Waals surface area (Å²) in [5.41, 5.74) is 3.72. The average Bonchev–Trinajstić information content (AvgIpc) is 2.83. The van der Waals surface area contributed by atoms with Gasteiger partial charge in [-0.3, -0.25) is 0 Å². The van der Waals surface area contributed by atoms with Crippen LogP contribution in [0.1, 0.15) is 17.2 Å². The third-order valence-electron chi connectivity index (χ3n) is 3.44. The predicted octanol–water partition coefficient (Wildman–Crippen LogP) is 4.26. The summed E-state index contributed by atoms with van der Waals surface area (Å²) in [5.74, 6) is 2.02. The van der Waals surface area contributed by atoms with Gasteiger partial charge in [0.2, 0.25) is 0 Å². The lowest BCUT2D eigenvalue weighted by Crippen LogP contribution is -2.09. The Kier molecular flexibility index (Phi) is 3.38. The molecule has 0 saturated carbocycles. The molecule has 1 aliphatic heterocycles. The summed E-state index contributed by atoms with van der Waals surface area (Å²) < 4.78 is 5.29. The van der Waals surface area contributed by atoms with Crippen molar-refractivity contribution in [3.8, 4) is 5.75 Å². The van der Waals surface area contributed by atoms with E-state index in [1.165, 1.54) is 10.5 Å². The van der Waals surface area contributed by atoms with Gasteiger partial charge in [0, 0.05) is 16.3 Å². The third kappa shape index (κ3) is 2.43. The molecule has 1 N–H and O–H groups in total. The van der Waals surface area contributed by atoms with Crippen LogP contribution in [0.4, 0.5) is 5.69 Å². The molecule has 0 aromatic heterocycles. The van der Waals surface area contributed by atoms with Gasteiger partial charge in [-0.05, 0) is 42.3 Å². The summed E-state index contributed by atoms with van der Waals surface area (Å²) in [6, 6.07) is 15.3. The number of aryl methyl sites for hydroxylation is 1. The Bertz CT molecular complexity index is 597. The van der Waals surface area contributed by atoms with Crippen LogP contribution in [0.3, 0.4) is 0 Å². The second kappa shape index (κ2) is 5.17. The van der Waals surface area contributed by atoms with Crippen LogP contribution in [-0.2, 0) is 0 Å². The van der Waals surface area contributed by atoms with E-state index in [2.05, 4.69) is 48.6 Å². The van der Waals surface area contributed by atoms with Crippen LogP contribution in [-0.4, -0.2) is 12.9 Å². The normalized spacial score (nSPS) is 17.1. The zero-order valence-corrected chi connectivity index (χ0v) is 12.0. The molecule has 0 amide bonds. The first-order valence-corrected chi connectivity index (χ1v) is 7.39. The fourth-order valence-corrected chi connectivity index (χ4v) is 3.61. The number of benzene rings is 2. The molecule has 0 saturated heterocycles. The van der Waals surface area contributed by atoms with Crippen molar-refractivity contribution in [3.63, 3.8) is 0 Å². The highest BCUT2D eigenvalue weighted by molar-refractivity contribution is 7.99. The highest BCUT2D eigenvalue weighted by atomic mass is 32.2. The van der Waals surface area contributed by atoms with Gasteiger partial charge in [0.15, 0.2) is 0 Å². The predicted molar refractivity (Wildman–Crippen MR) is 81.3 cm³/mol. The molecular formula is C16H17NOS. The van der Waals surface area contributed by atoms with E-state index < -0.39 is 0 Å². The summed E-state index contributed by atoms with van der Waals surface area (Å²) in [4.78, 5) is 1.39. The van der Waals surface area contributed by atoms with Crippen LogP contribution in [0.2, 0.25) is 0 Å². The third-order valence-corrected chi connectivity index (χ3v) is 4.62. The number of methoxy groups -OCH3 is 1. The van der Waals surface area contributed by atoms with Crippen LogP contribution in [0.15, 0.2) is 47.4 Å². The lowest BCUT2D eigenvalue weighted by atomic mass is 10.1. The molecule has 3 rings (SSSR count). The molecule has 0 radical (unpaired) electrons. The average molecular weight is 271 g/mol. The Morgan fingerprint density at radius 3 is 2.84 bits per heavy atom. The number of fused-ring (bicyclic) bond motifs is 1. The van der Waals surface area contributed by atoms with E-state index >= 15 is 0 Å². The molecule has 98 valence electrons. The molecule has 2 aromatic rings. The van der Waals surface area contributed by atoms with Crippen molar-refractivity contribution >= 4 is 17.4 Å². The van der Waals surface area contributed by atoms with Gasteiger partial charge in [-0.1, -0.05) is 18.2 Å². The second-order valence-electron chi connectivity index (χ2n) is 4.73. The highest BCUT2D eigenvalue weighted by Gasteiger charge is 2.22. The quantitative estimate of drug-likeness (QED) is 0.901. The molecular weight excluding hydrogens is 254 g/mol. The molecule has 1 atom stereocenters. The fourth-order valence-electron chi connectivity index (χ4n) is 2.45. The first-order chi connectivity index (χ1) is 9.28. The van der Waals surface area contributed by atoms with E-state index in [4.69, 9.17) is 4.74 Å². The Hall–Kier alpha value is -1.61. The summed E-state index contributed by atoms with van der Waals surface area (Å²) in [6.07, 6.45) is 0. The summed E-state index contributed by atoms with van der Waals surface area (Å²) in [5, 5.41) is 3.61. The van der Waals surface area contributed by atoms with Crippen molar-refractivity contribution < 1.29 is 4.74 Å². The maximum absolute atomic E-state index is 5.29. The summed E-state index contributed by atoms with van der Waals surface area (Å²) in [6.45, 7) is 2.07. The lowest BCUT2D eigenvalue weighted by Gasteiger charge is -2.16. The minimum atomic E-state index is 0.397. The van der Waals surface area contributed by atoms with Gasteiger partial charge in [-0.2, -0.15) is 0 Å². The van der Waals surface area contributed by atoms with Gasteiger partial charge in [0.05, 0.1) is 13.2 Å². The monoisotopic (exact) mass is 271 g/mol. The largest absolute Gasteiger partial charge is 0.496 e. The van der Waals surface area contributed by atoms with Gasteiger partial charge in [0.25, 0.3) is 0 Å². The molecule has 0 spiro atoms. The molecule has 0 bridgehead atoms. The van der Waals surface area contributed by atoms with Crippen molar-refractivity contribution in [1.82, 2.24) is 0 Å². The second-order valence-corrected chi connectivity index (χ2v) is 5.79. The first-order valence-electron chi connectivity index (χ1n) is 6.41. The van der Waals surface area contributed by atoms with Crippen molar-refractivity contribution in [2.75, 3.05) is 18.2 Å². The number of ether oxygens (including phenoxy) is 1. The summed E-state index contributed by atoms with van der Waals surface area (Å²) in [7, 11) is 1.71. The summed E-state index contributed by atoms with van der Waals surface area (Å²) >= 11 is 1.92. The topological polar surface area (TPSA) is 21.3 Å². The van der Waals surface area contributed by atoms with E-state index in [0.717, 1.165) is 22.8 Å². The van der Waals surface area contributed by atoms with Crippen LogP contribution < -0.4 is 10.1 Å². The molecule has 0 aliphatic carbocycles. The maximum Gasteiger partial charge on any atom is 0.121 e. The Morgan fingerprint density at radius 1 is 1.21 bits per heavy atom. The van der Waals surface area contributed by atoms with Crippen molar-refractivity contribution in [2.45, 2.75) is 17.9 Å². The van der Waals surface area contributed by atoms with E-state index in [9.17, 15) is 0 Å². The highest BCUT2D eigenvalue weighted by Crippen LogP contribution is 2.39. The Morgan fingerprint density at radius 2 is 2.05 bits per heavy atom. The zero-order valence-electron chi connectivity index (χ0n) is 11.1. The van der Waals surface area contributed by atoms with Crippen LogP contribution in [0.5, 0.6) is 5.75 Å². The number of hydrogen-bond acceptors (Lipinski definition) is 3. The number of anilines is 1. The Balaban J connectivity index is 1.81. The minimum Gasteiger partial charge on any atom is -0.496 e. The van der Waals surface area contributed by atoms with E-state index in [0.29, 0.717) is 6.04 Å². The SMILES string of the molecule is COc1ccc(NC2CSc3ccccc32)cc1C. The van der Waals surface area contributed by atoms with E-state index in [1.807, 2.05) is 17.8 Å². The molecule has 1 unspecified atom stereocenters. The Labute approximate surface area is 118 Å². The van der Waals surface area contributed by atoms with Crippen molar-refractivity contribution in [3.05, 3.63) is 53.6 Å². The number of thioether (sulfide) groups is 1.